The highest BCUT2D eigenvalue weighted by Gasteiger charge is 2.21. The molecule has 6 nitrogen and oxygen atoms in total. The second-order valence-electron chi connectivity index (χ2n) is 8.29. The van der Waals surface area contributed by atoms with Gasteiger partial charge in [-0.15, -0.1) is 0 Å². The number of carboxylic acid groups (broad SMARTS) is 1. The molecule has 0 aliphatic rings. The average Bonchev–Trinajstić information content (AvgIpc) is 3.12. The predicted octanol–water partition coefficient (Wildman–Crippen LogP) is 4.46. The van der Waals surface area contributed by atoms with Gasteiger partial charge in [-0.25, -0.2) is 18.6 Å². The number of hydrogen-bond acceptors (Lipinski definition) is 4. The summed E-state index contributed by atoms with van der Waals surface area (Å²) in [7, 11) is 0. The van der Waals surface area contributed by atoms with Crippen molar-refractivity contribution in [1.82, 2.24) is 14.9 Å². The SMILES string of the molecule is CCCCc1ncc(CNC(=O)[C@@H](CS)CC(C)C)n1Cc1ccc(C(=O)O)c(F)c1F. The number of benzene rings is 1. The topological polar surface area (TPSA) is 84.2 Å². The first-order chi connectivity index (χ1) is 15.2. The number of aromatic carboxylic acids is 1. The monoisotopic (exact) mass is 467 g/mol. The Hall–Kier alpha value is -2.42. The Kier molecular flexibility index (Phi) is 9.68. The molecule has 0 bridgehead atoms. The van der Waals surface area contributed by atoms with Crippen molar-refractivity contribution in [2.24, 2.45) is 11.8 Å². The van der Waals surface area contributed by atoms with Gasteiger partial charge >= 0.3 is 5.97 Å². The van der Waals surface area contributed by atoms with E-state index in [0.717, 1.165) is 25.3 Å². The summed E-state index contributed by atoms with van der Waals surface area (Å²) in [5.41, 5.74) is -0.0311. The van der Waals surface area contributed by atoms with Crippen LogP contribution in [0, 0.1) is 23.5 Å². The molecule has 176 valence electrons. The number of aromatic nitrogens is 2. The van der Waals surface area contributed by atoms with Crippen LogP contribution in [0.2, 0.25) is 0 Å². The maximum atomic E-state index is 14.6. The number of rotatable bonds is 12. The van der Waals surface area contributed by atoms with Crippen molar-refractivity contribution in [3.05, 3.63) is 52.6 Å². The van der Waals surface area contributed by atoms with E-state index in [1.807, 2.05) is 20.8 Å². The molecule has 0 radical (unpaired) electrons. The van der Waals surface area contributed by atoms with Crippen LogP contribution in [0.25, 0.3) is 0 Å². The van der Waals surface area contributed by atoms with Gasteiger partial charge < -0.3 is 15.0 Å². The summed E-state index contributed by atoms with van der Waals surface area (Å²) in [4.78, 5) is 28.1. The minimum Gasteiger partial charge on any atom is -0.478 e. The smallest absolute Gasteiger partial charge is 0.338 e. The van der Waals surface area contributed by atoms with E-state index in [1.165, 1.54) is 6.07 Å². The van der Waals surface area contributed by atoms with Gasteiger partial charge in [-0.3, -0.25) is 4.79 Å². The molecule has 2 rings (SSSR count). The van der Waals surface area contributed by atoms with Crippen molar-refractivity contribution in [1.29, 1.82) is 0 Å². The third kappa shape index (κ3) is 6.54. The molecular formula is C23H31F2N3O3S. The molecule has 0 saturated heterocycles. The molecule has 1 heterocycles. The van der Waals surface area contributed by atoms with E-state index in [1.54, 1.807) is 10.8 Å². The first-order valence-electron chi connectivity index (χ1n) is 10.8. The van der Waals surface area contributed by atoms with Crippen molar-refractivity contribution in [2.75, 3.05) is 5.75 Å². The van der Waals surface area contributed by atoms with Gasteiger partial charge in [0.15, 0.2) is 11.6 Å². The molecule has 0 saturated carbocycles. The van der Waals surface area contributed by atoms with Crippen LogP contribution >= 0.6 is 12.6 Å². The van der Waals surface area contributed by atoms with E-state index in [0.29, 0.717) is 29.6 Å². The highest BCUT2D eigenvalue weighted by atomic mass is 32.1. The molecular weight excluding hydrogens is 436 g/mol. The second kappa shape index (κ2) is 12.0. The third-order valence-corrected chi connectivity index (χ3v) is 5.73. The first-order valence-corrected chi connectivity index (χ1v) is 11.4. The molecule has 0 unspecified atom stereocenters. The first kappa shape index (κ1) is 25.8. The average molecular weight is 468 g/mol. The van der Waals surface area contributed by atoms with Gasteiger partial charge in [-0.05, 0) is 24.8 Å². The van der Waals surface area contributed by atoms with Crippen molar-refractivity contribution in [2.45, 2.75) is 59.5 Å². The fraction of sp³-hybridized carbons (Fsp3) is 0.522. The molecule has 0 fully saturated rings. The van der Waals surface area contributed by atoms with Crippen molar-refractivity contribution >= 4 is 24.5 Å². The van der Waals surface area contributed by atoms with Crippen LogP contribution in [0.1, 0.15) is 67.5 Å². The van der Waals surface area contributed by atoms with Crippen LogP contribution in [-0.4, -0.2) is 32.3 Å². The molecule has 2 N–H and O–H groups in total. The van der Waals surface area contributed by atoms with Gasteiger partial charge in [-0.1, -0.05) is 33.3 Å². The summed E-state index contributed by atoms with van der Waals surface area (Å²) in [6.07, 6.45) is 4.80. The lowest BCUT2D eigenvalue weighted by Gasteiger charge is -2.18. The Morgan fingerprint density at radius 2 is 1.97 bits per heavy atom. The molecule has 1 aromatic heterocycles. The van der Waals surface area contributed by atoms with Gasteiger partial charge in [0.1, 0.15) is 5.82 Å². The minimum atomic E-state index is -1.53. The molecule has 1 amide bonds. The largest absolute Gasteiger partial charge is 0.478 e. The Bertz CT molecular complexity index is 947. The maximum Gasteiger partial charge on any atom is 0.338 e. The molecule has 1 aromatic carbocycles. The number of unbranched alkanes of at least 4 members (excludes halogenated alkanes) is 1. The number of aryl methyl sites for hydroxylation is 1. The normalized spacial score (nSPS) is 12.2. The second-order valence-corrected chi connectivity index (χ2v) is 8.65. The summed E-state index contributed by atoms with van der Waals surface area (Å²) in [5.74, 6) is -2.94. The number of carboxylic acids is 1. The number of carbonyl (C=O) groups is 2. The van der Waals surface area contributed by atoms with Gasteiger partial charge in [-0.2, -0.15) is 12.6 Å². The quantitative estimate of drug-likeness (QED) is 0.403. The zero-order valence-corrected chi connectivity index (χ0v) is 19.6. The molecule has 1 atom stereocenters. The van der Waals surface area contributed by atoms with Gasteiger partial charge in [0, 0.05) is 23.7 Å². The molecule has 2 aromatic rings. The fourth-order valence-corrected chi connectivity index (χ4v) is 3.84. The van der Waals surface area contributed by atoms with Crippen molar-refractivity contribution < 1.29 is 23.5 Å². The van der Waals surface area contributed by atoms with Crippen molar-refractivity contribution in [3.63, 3.8) is 0 Å². The number of thiol groups is 1. The molecule has 0 aliphatic heterocycles. The highest BCUT2D eigenvalue weighted by molar-refractivity contribution is 7.80. The molecule has 0 aliphatic carbocycles. The van der Waals surface area contributed by atoms with Crippen LogP contribution in [-0.2, 0) is 24.3 Å². The number of carbonyl (C=O) groups excluding carboxylic acids is 1. The summed E-state index contributed by atoms with van der Waals surface area (Å²) < 4.78 is 30.5. The van der Waals surface area contributed by atoms with Gasteiger partial charge in [0.05, 0.1) is 30.5 Å². The number of nitrogens with zero attached hydrogens (tertiary/aromatic N) is 2. The molecule has 0 spiro atoms. The highest BCUT2D eigenvalue weighted by Crippen LogP contribution is 2.20. The molecule has 32 heavy (non-hydrogen) atoms. The summed E-state index contributed by atoms with van der Waals surface area (Å²) in [5, 5.41) is 11.9. The van der Waals surface area contributed by atoms with Crippen LogP contribution in [0.5, 0.6) is 0 Å². The zero-order chi connectivity index (χ0) is 23.8. The Balaban J connectivity index is 2.28. The van der Waals surface area contributed by atoms with Crippen molar-refractivity contribution in [3.8, 4) is 0 Å². The van der Waals surface area contributed by atoms with Crippen LogP contribution in [0.3, 0.4) is 0 Å². The zero-order valence-electron chi connectivity index (χ0n) is 18.7. The number of amides is 1. The van der Waals surface area contributed by atoms with E-state index in [2.05, 4.69) is 22.9 Å². The number of hydrogen-bond donors (Lipinski definition) is 3. The Morgan fingerprint density at radius 3 is 2.56 bits per heavy atom. The predicted molar refractivity (Wildman–Crippen MR) is 122 cm³/mol. The van der Waals surface area contributed by atoms with Gasteiger partial charge in [0.2, 0.25) is 5.91 Å². The van der Waals surface area contributed by atoms with Crippen LogP contribution < -0.4 is 5.32 Å². The summed E-state index contributed by atoms with van der Waals surface area (Å²) >= 11 is 4.28. The van der Waals surface area contributed by atoms with Crippen LogP contribution in [0.15, 0.2) is 18.3 Å². The Labute approximate surface area is 192 Å². The fourth-order valence-electron chi connectivity index (χ4n) is 3.53. The number of halogens is 2. The van der Waals surface area contributed by atoms with Crippen LogP contribution in [0.4, 0.5) is 8.78 Å². The van der Waals surface area contributed by atoms with Gasteiger partial charge in [0.25, 0.3) is 0 Å². The Morgan fingerprint density at radius 1 is 1.25 bits per heavy atom. The summed E-state index contributed by atoms with van der Waals surface area (Å²) in [6.45, 7) is 6.30. The standard InChI is InChI=1S/C23H31F2N3O3S/c1-4-5-6-19-26-10-17(11-27-22(29)16(13-32)9-14(2)3)28(19)12-15-7-8-18(23(30)31)21(25)20(15)24/h7-8,10,14,16,32H,4-6,9,11-13H2,1-3H3,(H,27,29)(H,30,31)/t16-/m1/s1. The summed E-state index contributed by atoms with van der Waals surface area (Å²) in [6, 6.07) is 2.33. The maximum absolute atomic E-state index is 14.6. The number of nitrogens with one attached hydrogen (secondary N) is 1. The van der Waals surface area contributed by atoms with E-state index < -0.39 is 23.2 Å². The lowest BCUT2D eigenvalue weighted by molar-refractivity contribution is -0.124. The lowest BCUT2D eigenvalue weighted by atomic mass is 9.98. The van der Waals surface area contributed by atoms with E-state index in [9.17, 15) is 18.4 Å². The van der Waals surface area contributed by atoms with E-state index in [4.69, 9.17) is 5.11 Å². The number of imidazole rings is 1. The van der Waals surface area contributed by atoms with E-state index in [-0.39, 0.29) is 30.5 Å². The van der Waals surface area contributed by atoms with E-state index >= 15 is 0 Å². The molecule has 9 heteroatoms. The third-order valence-electron chi connectivity index (χ3n) is 5.29. The minimum absolute atomic E-state index is 0.0175. The lowest BCUT2D eigenvalue weighted by Crippen LogP contribution is -2.33.